The summed E-state index contributed by atoms with van der Waals surface area (Å²) in [6.07, 6.45) is 5.59. The van der Waals surface area contributed by atoms with Crippen LogP contribution in [0.1, 0.15) is 32.6 Å². The number of anilines is 2. The fourth-order valence-corrected chi connectivity index (χ4v) is 4.48. The summed E-state index contributed by atoms with van der Waals surface area (Å²) in [5.41, 5.74) is 0. The maximum atomic E-state index is 6.25. The van der Waals surface area contributed by atoms with Gasteiger partial charge in [-0.25, -0.2) is 4.98 Å². The lowest BCUT2D eigenvalue weighted by Gasteiger charge is -2.29. The van der Waals surface area contributed by atoms with Crippen LogP contribution in [-0.2, 0) is 0 Å². The van der Waals surface area contributed by atoms with E-state index in [1.807, 2.05) is 7.05 Å². The average molecular weight is 314 g/mol. The van der Waals surface area contributed by atoms with Gasteiger partial charge in [0.05, 0.1) is 10.0 Å². The third kappa shape index (κ3) is 2.58. The highest BCUT2D eigenvalue weighted by atomic mass is 35.5. The average Bonchev–Trinajstić information content (AvgIpc) is 3.04. The Labute approximate surface area is 130 Å². The van der Waals surface area contributed by atoms with Gasteiger partial charge in [0.1, 0.15) is 11.6 Å². The Morgan fingerprint density at radius 1 is 1.20 bits per heavy atom. The van der Waals surface area contributed by atoms with Crippen molar-refractivity contribution in [2.24, 2.45) is 17.8 Å². The lowest BCUT2D eigenvalue weighted by molar-refractivity contribution is 0.304. The van der Waals surface area contributed by atoms with E-state index < -0.39 is 0 Å². The molecular weight excluding hydrogens is 293 g/mol. The van der Waals surface area contributed by atoms with Crippen LogP contribution in [0, 0.1) is 17.8 Å². The van der Waals surface area contributed by atoms with Crippen molar-refractivity contribution in [3.05, 3.63) is 16.1 Å². The molecule has 4 unspecified atom stereocenters. The zero-order valence-corrected chi connectivity index (χ0v) is 13.4. The van der Waals surface area contributed by atoms with Crippen LogP contribution in [-0.4, -0.2) is 18.1 Å². The lowest BCUT2D eigenvalue weighted by Crippen LogP contribution is -2.30. The number of hydrogen-bond acceptors (Lipinski definition) is 3. The van der Waals surface area contributed by atoms with Gasteiger partial charge in [-0.15, -0.1) is 0 Å². The standard InChI is InChI=1S/C15H21Cl2N3/c1-8(11-6-9-3-4-10(11)5-9)19-15-13(17)7-12(16)14(18-2)20-15/h7-11H,3-6H2,1-2H3,(H2,18,19,20). The summed E-state index contributed by atoms with van der Waals surface area (Å²) in [5.74, 6) is 3.99. The molecule has 2 fully saturated rings. The molecule has 5 heteroatoms. The first-order chi connectivity index (χ1) is 9.58. The van der Waals surface area contributed by atoms with E-state index in [9.17, 15) is 0 Å². The fourth-order valence-electron chi connectivity index (χ4n) is 3.97. The molecular formula is C15H21Cl2N3. The third-order valence-corrected chi connectivity index (χ3v) is 5.54. The lowest BCUT2D eigenvalue weighted by atomic mass is 9.84. The molecule has 0 aliphatic heterocycles. The predicted octanol–water partition coefficient (Wildman–Crippen LogP) is 4.67. The van der Waals surface area contributed by atoms with Crippen LogP contribution in [0.15, 0.2) is 6.07 Å². The number of fused-ring (bicyclic) bond motifs is 2. The minimum absolute atomic E-state index is 0.404. The van der Waals surface area contributed by atoms with Crippen LogP contribution in [0.25, 0.3) is 0 Å². The Morgan fingerprint density at radius 3 is 2.55 bits per heavy atom. The Morgan fingerprint density at radius 2 is 1.95 bits per heavy atom. The van der Waals surface area contributed by atoms with Gasteiger partial charge in [0.25, 0.3) is 0 Å². The summed E-state index contributed by atoms with van der Waals surface area (Å²) < 4.78 is 0. The SMILES string of the molecule is CNc1nc(NC(C)C2CC3CCC2C3)c(Cl)cc1Cl. The van der Waals surface area contributed by atoms with Crippen molar-refractivity contribution in [1.82, 2.24) is 4.98 Å². The molecule has 2 aliphatic rings. The molecule has 1 aromatic heterocycles. The smallest absolute Gasteiger partial charge is 0.147 e. The molecule has 4 atom stereocenters. The molecule has 0 amide bonds. The molecule has 2 N–H and O–H groups in total. The molecule has 0 saturated heterocycles. The number of halogens is 2. The van der Waals surface area contributed by atoms with Crippen molar-refractivity contribution in [2.75, 3.05) is 17.7 Å². The quantitative estimate of drug-likeness (QED) is 0.848. The van der Waals surface area contributed by atoms with E-state index in [0.29, 0.717) is 21.9 Å². The minimum atomic E-state index is 0.404. The summed E-state index contributed by atoms with van der Waals surface area (Å²) in [4.78, 5) is 4.48. The van der Waals surface area contributed by atoms with Gasteiger partial charge in [-0.2, -0.15) is 0 Å². The van der Waals surface area contributed by atoms with Crippen molar-refractivity contribution in [3.8, 4) is 0 Å². The summed E-state index contributed by atoms with van der Waals surface area (Å²) in [5, 5.41) is 7.63. The van der Waals surface area contributed by atoms with Crippen LogP contribution < -0.4 is 10.6 Å². The highest BCUT2D eigenvalue weighted by molar-refractivity contribution is 6.37. The highest BCUT2D eigenvalue weighted by Gasteiger charge is 2.41. The van der Waals surface area contributed by atoms with E-state index in [2.05, 4.69) is 22.5 Å². The van der Waals surface area contributed by atoms with Crippen molar-refractivity contribution in [3.63, 3.8) is 0 Å². The maximum Gasteiger partial charge on any atom is 0.147 e. The third-order valence-electron chi connectivity index (χ3n) is 4.97. The molecule has 2 saturated carbocycles. The van der Waals surface area contributed by atoms with E-state index in [1.54, 1.807) is 6.07 Å². The van der Waals surface area contributed by atoms with E-state index in [1.165, 1.54) is 25.7 Å². The predicted molar refractivity (Wildman–Crippen MR) is 85.8 cm³/mol. The van der Waals surface area contributed by atoms with Gasteiger partial charge >= 0.3 is 0 Å². The van der Waals surface area contributed by atoms with Gasteiger partial charge in [-0.3, -0.25) is 0 Å². The Balaban J connectivity index is 1.74. The van der Waals surface area contributed by atoms with Crippen LogP contribution in [0.4, 0.5) is 11.6 Å². The normalized spacial score (nSPS) is 29.5. The van der Waals surface area contributed by atoms with Gasteiger partial charge in [0, 0.05) is 13.1 Å². The van der Waals surface area contributed by atoms with E-state index in [-0.39, 0.29) is 0 Å². The van der Waals surface area contributed by atoms with E-state index in [4.69, 9.17) is 23.2 Å². The van der Waals surface area contributed by atoms with Crippen molar-refractivity contribution >= 4 is 34.8 Å². The van der Waals surface area contributed by atoms with Crippen LogP contribution >= 0.6 is 23.2 Å². The molecule has 1 heterocycles. The first-order valence-electron chi connectivity index (χ1n) is 7.38. The van der Waals surface area contributed by atoms with E-state index >= 15 is 0 Å². The molecule has 110 valence electrons. The molecule has 2 bridgehead atoms. The highest BCUT2D eigenvalue weighted by Crippen LogP contribution is 2.50. The largest absolute Gasteiger partial charge is 0.372 e. The van der Waals surface area contributed by atoms with Crippen LogP contribution in [0.2, 0.25) is 10.0 Å². The second-order valence-corrected chi connectivity index (χ2v) is 6.99. The molecule has 1 aromatic rings. The number of aromatic nitrogens is 1. The topological polar surface area (TPSA) is 37.0 Å². The second kappa shape index (κ2) is 5.61. The first kappa shape index (κ1) is 14.3. The Kier molecular flexibility index (Phi) is 4.00. The maximum absolute atomic E-state index is 6.25. The van der Waals surface area contributed by atoms with Crippen molar-refractivity contribution in [1.29, 1.82) is 0 Å². The second-order valence-electron chi connectivity index (χ2n) is 6.17. The molecule has 3 nitrogen and oxygen atoms in total. The zero-order valence-electron chi connectivity index (χ0n) is 11.9. The zero-order chi connectivity index (χ0) is 14.3. The molecule has 2 aliphatic carbocycles. The number of nitrogens with zero attached hydrogens (tertiary/aromatic N) is 1. The Bertz CT molecular complexity index is 506. The molecule has 0 spiro atoms. The van der Waals surface area contributed by atoms with Crippen molar-refractivity contribution < 1.29 is 0 Å². The summed E-state index contributed by atoms with van der Waals surface area (Å²) in [6.45, 7) is 2.25. The van der Waals surface area contributed by atoms with Crippen LogP contribution in [0.3, 0.4) is 0 Å². The number of rotatable bonds is 4. The fraction of sp³-hybridized carbons (Fsp3) is 0.667. The number of pyridine rings is 1. The van der Waals surface area contributed by atoms with Gasteiger partial charge in [0.15, 0.2) is 0 Å². The van der Waals surface area contributed by atoms with Gasteiger partial charge in [0.2, 0.25) is 0 Å². The minimum Gasteiger partial charge on any atom is -0.372 e. The van der Waals surface area contributed by atoms with Gasteiger partial charge < -0.3 is 10.6 Å². The summed E-state index contributed by atoms with van der Waals surface area (Å²) >= 11 is 12.3. The Hall–Kier alpha value is -0.670. The summed E-state index contributed by atoms with van der Waals surface area (Å²) in [7, 11) is 1.81. The summed E-state index contributed by atoms with van der Waals surface area (Å²) in [6, 6.07) is 2.15. The number of hydrogen-bond donors (Lipinski definition) is 2. The van der Waals surface area contributed by atoms with Crippen molar-refractivity contribution in [2.45, 2.75) is 38.6 Å². The molecule has 20 heavy (non-hydrogen) atoms. The van der Waals surface area contributed by atoms with Crippen LogP contribution in [0.5, 0.6) is 0 Å². The number of nitrogens with one attached hydrogen (secondary N) is 2. The monoisotopic (exact) mass is 313 g/mol. The molecule has 0 aromatic carbocycles. The first-order valence-corrected chi connectivity index (χ1v) is 8.14. The van der Waals surface area contributed by atoms with Gasteiger partial charge in [-0.05, 0) is 50.0 Å². The molecule has 0 radical (unpaired) electrons. The molecule has 3 rings (SSSR count). The van der Waals surface area contributed by atoms with E-state index in [0.717, 1.165) is 23.6 Å². The van der Waals surface area contributed by atoms with Gasteiger partial charge in [-0.1, -0.05) is 29.6 Å².